The smallest absolute Gasteiger partial charge is 0.269 e. The summed E-state index contributed by atoms with van der Waals surface area (Å²) in [6, 6.07) is 8.72. The lowest BCUT2D eigenvalue weighted by Gasteiger charge is -2.09. The zero-order valence-electron chi connectivity index (χ0n) is 13.3. The molecule has 4 N–H and O–H groups in total. The fourth-order valence-electron chi connectivity index (χ4n) is 2.85. The van der Waals surface area contributed by atoms with Gasteiger partial charge in [-0.15, -0.1) is 0 Å². The molecule has 0 aliphatic carbocycles. The van der Waals surface area contributed by atoms with Gasteiger partial charge in [0.25, 0.3) is 11.8 Å². The number of fused-ring (bicyclic) bond motifs is 2. The van der Waals surface area contributed by atoms with Crippen LogP contribution in [0.2, 0.25) is 0 Å². The molecule has 124 valence electrons. The molecule has 0 saturated heterocycles. The Morgan fingerprint density at radius 3 is 2.88 bits per heavy atom. The van der Waals surface area contributed by atoms with Gasteiger partial charge in [-0.25, -0.2) is 4.98 Å². The second kappa shape index (κ2) is 5.45. The summed E-state index contributed by atoms with van der Waals surface area (Å²) in [4.78, 5) is 28.1. The zero-order valence-corrected chi connectivity index (χ0v) is 13.3. The lowest BCUT2D eigenvalue weighted by Crippen LogP contribution is -2.15. The van der Waals surface area contributed by atoms with Crippen LogP contribution in [-0.2, 0) is 0 Å². The van der Waals surface area contributed by atoms with Gasteiger partial charge in [0.2, 0.25) is 0 Å². The first-order chi connectivity index (χ1) is 12.0. The number of carbonyl (C=O) groups is 2. The van der Waals surface area contributed by atoms with E-state index in [1.165, 1.54) is 0 Å². The number of carbonyl (C=O) groups excluding carboxylic acids is 2. The number of aromatic nitrogens is 4. The van der Waals surface area contributed by atoms with Crippen molar-refractivity contribution in [2.75, 3.05) is 5.32 Å². The maximum atomic E-state index is 12.6. The molecule has 4 rings (SSSR count). The summed E-state index contributed by atoms with van der Waals surface area (Å²) in [7, 11) is 0. The lowest BCUT2D eigenvalue weighted by molar-refractivity contribution is 0.0994. The lowest BCUT2D eigenvalue weighted by atomic mass is 10.1. The Morgan fingerprint density at radius 1 is 1.24 bits per heavy atom. The molecule has 0 radical (unpaired) electrons. The molecule has 0 fully saturated rings. The van der Waals surface area contributed by atoms with Crippen LogP contribution in [0, 0.1) is 6.92 Å². The summed E-state index contributed by atoms with van der Waals surface area (Å²) < 4.78 is 1.85. The predicted molar refractivity (Wildman–Crippen MR) is 92.5 cm³/mol. The van der Waals surface area contributed by atoms with Gasteiger partial charge < -0.3 is 15.5 Å². The average molecular weight is 334 g/mol. The van der Waals surface area contributed by atoms with Crippen molar-refractivity contribution in [2.24, 2.45) is 5.73 Å². The third-order valence-corrected chi connectivity index (χ3v) is 4.14. The van der Waals surface area contributed by atoms with Crippen LogP contribution in [0.3, 0.4) is 0 Å². The van der Waals surface area contributed by atoms with Crippen molar-refractivity contribution in [1.29, 1.82) is 0 Å². The number of primary amides is 1. The molecule has 0 bridgehead atoms. The van der Waals surface area contributed by atoms with Gasteiger partial charge in [-0.05, 0) is 37.3 Å². The Balaban J connectivity index is 1.70. The Labute approximate surface area is 141 Å². The molecule has 8 heteroatoms. The third kappa shape index (κ3) is 2.40. The molecule has 4 aromatic rings. The number of nitrogens with one attached hydrogen (secondary N) is 2. The summed E-state index contributed by atoms with van der Waals surface area (Å²) in [5.41, 5.74) is 8.91. The molecule has 2 amide bonds. The highest BCUT2D eigenvalue weighted by atomic mass is 16.2. The number of aryl methyl sites for hydroxylation is 1. The number of hydrogen-bond acceptors (Lipinski definition) is 4. The SMILES string of the molecule is Cc1c(C(=O)Nc2ccc3[nH]nc(C(N)=O)c3c2)ccc2cncn12. The number of rotatable bonds is 3. The van der Waals surface area contributed by atoms with Crippen LogP contribution >= 0.6 is 0 Å². The van der Waals surface area contributed by atoms with Crippen molar-refractivity contribution >= 4 is 33.9 Å². The van der Waals surface area contributed by atoms with E-state index in [0.717, 1.165) is 11.2 Å². The number of amides is 2. The first-order valence-electron chi connectivity index (χ1n) is 7.55. The predicted octanol–water partition coefficient (Wildman–Crippen LogP) is 1.87. The third-order valence-electron chi connectivity index (χ3n) is 4.14. The highest BCUT2D eigenvalue weighted by Gasteiger charge is 2.14. The number of imidazole rings is 1. The molecule has 0 aliphatic rings. The molecule has 8 nitrogen and oxygen atoms in total. The first kappa shape index (κ1) is 14.9. The van der Waals surface area contributed by atoms with E-state index in [4.69, 9.17) is 5.73 Å². The van der Waals surface area contributed by atoms with Crippen molar-refractivity contribution in [3.8, 4) is 0 Å². The fraction of sp³-hybridized carbons (Fsp3) is 0.0588. The van der Waals surface area contributed by atoms with Crippen molar-refractivity contribution in [3.63, 3.8) is 0 Å². The van der Waals surface area contributed by atoms with Crippen molar-refractivity contribution in [1.82, 2.24) is 19.6 Å². The maximum Gasteiger partial charge on any atom is 0.269 e. The number of hydrogen-bond donors (Lipinski definition) is 3. The van der Waals surface area contributed by atoms with Gasteiger partial charge in [0.1, 0.15) is 0 Å². The standard InChI is InChI=1S/C17H14N6O2/c1-9-12(4-3-11-7-19-8-23(9)11)17(25)20-10-2-5-14-13(6-10)15(16(18)24)22-21-14/h2-8H,1H3,(H2,18,24)(H,20,25)(H,21,22). The number of nitrogens with zero attached hydrogens (tertiary/aromatic N) is 3. The minimum absolute atomic E-state index is 0.141. The van der Waals surface area contributed by atoms with Gasteiger partial charge in [-0.1, -0.05) is 0 Å². The van der Waals surface area contributed by atoms with E-state index in [1.54, 1.807) is 36.8 Å². The molecular formula is C17H14N6O2. The highest BCUT2D eigenvalue weighted by Crippen LogP contribution is 2.21. The Kier molecular flexibility index (Phi) is 3.24. The molecule has 1 aromatic carbocycles. The van der Waals surface area contributed by atoms with E-state index in [0.29, 0.717) is 22.2 Å². The van der Waals surface area contributed by atoms with Crippen molar-refractivity contribution in [3.05, 3.63) is 59.8 Å². The molecule has 0 unspecified atom stereocenters. The van der Waals surface area contributed by atoms with E-state index in [1.807, 2.05) is 17.4 Å². The summed E-state index contributed by atoms with van der Waals surface area (Å²) in [5.74, 6) is -0.882. The molecule has 0 atom stereocenters. The first-order valence-corrected chi connectivity index (χ1v) is 7.55. The highest BCUT2D eigenvalue weighted by molar-refractivity contribution is 6.08. The van der Waals surface area contributed by atoms with Gasteiger partial charge in [0, 0.05) is 16.8 Å². The van der Waals surface area contributed by atoms with Crippen molar-refractivity contribution < 1.29 is 9.59 Å². The second-order valence-corrected chi connectivity index (χ2v) is 5.67. The van der Waals surface area contributed by atoms with Crippen LogP contribution in [0.25, 0.3) is 16.4 Å². The molecule has 0 saturated carbocycles. The minimum Gasteiger partial charge on any atom is -0.364 e. The number of nitrogens with two attached hydrogens (primary N) is 1. The van der Waals surface area contributed by atoms with Crippen LogP contribution in [0.4, 0.5) is 5.69 Å². The van der Waals surface area contributed by atoms with Crippen LogP contribution in [0.1, 0.15) is 26.5 Å². The number of anilines is 1. The topological polar surface area (TPSA) is 118 Å². The van der Waals surface area contributed by atoms with Crippen LogP contribution < -0.4 is 11.1 Å². The number of aromatic amines is 1. The average Bonchev–Trinajstić information content (AvgIpc) is 3.21. The summed E-state index contributed by atoms with van der Waals surface area (Å²) in [5, 5.41) is 10.0. The van der Waals surface area contributed by atoms with Crippen molar-refractivity contribution in [2.45, 2.75) is 6.92 Å². The summed E-state index contributed by atoms with van der Waals surface area (Å²) in [6.45, 7) is 1.86. The summed E-state index contributed by atoms with van der Waals surface area (Å²) in [6.07, 6.45) is 3.39. The fourth-order valence-corrected chi connectivity index (χ4v) is 2.85. The molecule has 0 aliphatic heterocycles. The van der Waals surface area contributed by atoms with E-state index >= 15 is 0 Å². The van der Waals surface area contributed by atoms with Gasteiger partial charge in [0.05, 0.1) is 29.1 Å². The largest absolute Gasteiger partial charge is 0.364 e. The van der Waals surface area contributed by atoms with E-state index < -0.39 is 5.91 Å². The number of pyridine rings is 1. The molecule has 25 heavy (non-hydrogen) atoms. The van der Waals surface area contributed by atoms with E-state index in [-0.39, 0.29) is 11.6 Å². The van der Waals surface area contributed by atoms with Gasteiger partial charge >= 0.3 is 0 Å². The van der Waals surface area contributed by atoms with Crippen LogP contribution in [-0.4, -0.2) is 31.4 Å². The maximum absolute atomic E-state index is 12.6. The Bertz CT molecular complexity index is 1140. The number of H-pyrrole nitrogens is 1. The van der Waals surface area contributed by atoms with Crippen LogP contribution in [0.5, 0.6) is 0 Å². The molecule has 3 heterocycles. The van der Waals surface area contributed by atoms with E-state index in [9.17, 15) is 9.59 Å². The monoisotopic (exact) mass is 334 g/mol. The van der Waals surface area contributed by atoms with Gasteiger partial charge in [-0.3, -0.25) is 14.7 Å². The van der Waals surface area contributed by atoms with Gasteiger partial charge in [0.15, 0.2) is 5.69 Å². The normalized spacial score (nSPS) is 11.1. The minimum atomic E-state index is -0.629. The summed E-state index contributed by atoms with van der Waals surface area (Å²) >= 11 is 0. The Morgan fingerprint density at radius 2 is 2.08 bits per heavy atom. The molecular weight excluding hydrogens is 320 g/mol. The van der Waals surface area contributed by atoms with Gasteiger partial charge in [-0.2, -0.15) is 5.10 Å². The molecule has 0 spiro atoms. The second-order valence-electron chi connectivity index (χ2n) is 5.67. The quantitative estimate of drug-likeness (QED) is 0.530. The molecule has 3 aromatic heterocycles. The number of benzene rings is 1. The van der Waals surface area contributed by atoms with Crippen LogP contribution in [0.15, 0.2) is 42.9 Å². The Hall–Kier alpha value is -3.68. The van der Waals surface area contributed by atoms with E-state index in [2.05, 4.69) is 20.5 Å². The zero-order chi connectivity index (χ0) is 17.6.